The zero-order chi connectivity index (χ0) is 35.0. The van der Waals surface area contributed by atoms with Gasteiger partial charge in [0.1, 0.15) is 29.1 Å². The van der Waals surface area contributed by atoms with E-state index in [2.05, 4.69) is 9.97 Å². The van der Waals surface area contributed by atoms with Gasteiger partial charge in [0.2, 0.25) is 0 Å². The van der Waals surface area contributed by atoms with E-state index in [1.807, 2.05) is 6.92 Å². The molecule has 1 atom stereocenters. The van der Waals surface area contributed by atoms with E-state index in [0.29, 0.717) is 49.6 Å². The van der Waals surface area contributed by atoms with E-state index in [4.69, 9.17) is 45.5 Å². The van der Waals surface area contributed by atoms with Gasteiger partial charge in [-0.25, -0.2) is 14.6 Å². The minimum atomic E-state index is -0.771. The van der Waals surface area contributed by atoms with E-state index in [0.717, 1.165) is 0 Å². The number of amidine groups is 1. The van der Waals surface area contributed by atoms with E-state index >= 15 is 0 Å². The molecule has 0 aliphatic heterocycles. The van der Waals surface area contributed by atoms with Gasteiger partial charge in [-0.05, 0) is 104 Å². The van der Waals surface area contributed by atoms with Crippen LogP contribution in [0.25, 0.3) is 11.2 Å². The Morgan fingerprint density at radius 1 is 0.958 bits per heavy atom. The van der Waals surface area contributed by atoms with Crippen molar-refractivity contribution in [3.05, 3.63) is 59.4 Å². The molecular weight excluding hydrogens is 618 g/mol. The van der Waals surface area contributed by atoms with Crippen LogP contribution in [0.1, 0.15) is 81.7 Å². The quantitative estimate of drug-likeness (QED) is 0.0618. The summed E-state index contributed by atoms with van der Waals surface area (Å²) in [5, 5.41) is 7.90. The summed E-state index contributed by atoms with van der Waals surface area (Å²) in [5.41, 5.74) is 12.0. The number of unbranched alkanes of at least 4 members (excludes halogenated alkanes) is 1. The van der Waals surface area contributed by atoms with Crippen LogP contribution in [0.3, 0.4) is 0 Å². The fraction of sp³-hybridized carbons (Fsp3) is 0.412. The first-order chi connectivity index (χ1) is 22.8. The fourth-order valence-corrected chi connectivity index (χ4v) is 4.87. The zero-order valence-corrected chi connectivity index (χ0v) is 28.2. The number of rotatable bonds is 15. The molecule has 0 bridgehead atoms. The molecule has 0 amide bonds. The Balaban J connectivity index is 1.89. The summed E-state index contributed by atoms with van der Waals surface area (Å²) in [6.45, 7) is 11.7. The molecule has 0 fully saturated rings. The van der Waals surface area contributed by atoms with Crippen molar-refractivity contribution in [2.24, 2.45) is 11.5 Å². The molecule has 4 aromatic rings. The molecule has 2 heterocycles. The lowest BCUT2D eigenvalue weighted by Crippen LogP contribution is -2.23. The SMILES string of the molecule is CCOC(=O)C(CCCCN)n1c(C)nc2c(Oc3cccc(C(=O)OC(C)(C)C)c3)nc(Oc3cc(C(=N)N)ccc3OCC)nc21. The number of esters is 2. The number of carbonyl (C=O) groups is 2. The van der Waals surface area contributed by atoms with E-state index < -0.39 is 23.6 Å². The van der Waals surface area contributed by atoms with Crippen molar-refractivity contribution in [2.45, 2.75) is 72.4 Å². The molecule has 14 nitrogen and oxygen atoms in total. The van der Waals surface area contributed by atoms with Gasteiger partial charge in [0, 0.05) is 5.56 Å². The van der Waals surface area contributed by atoms with Crippen LogP contribution in [0.15, 0.2) is 42.5 Å². The monoisotopic (exact) mass is 661 g/mol. The average molecular weight is 662 g/mol. The summed E-state index contributed by atoms with van der Waals surface area (Å²) in [6, 6.07) is 10.4. The highest BCUT2D eigenvalue weighted by Crippen LogP contribution is 2.36. The first kappa shape index (κ1) is 35.6. The van der Waals surface area contributed by atoms with E-state index in [1.54, 1.807) is 75.6 Å². The minimum absolute atomic E-state index is 0.00318. The van der Waals surface area contributed by atoms with Crippen molar-refractivity contribution in [3.8, 4) is 29.1 Å². The molecule has 2 aromatic heterocycles. The number of hydrogen-bond donors (Lipinski definition) is 3. The number of aryl methyl sites for hydroxylation is 1. The summed E-state index contributed by atoms with van der Waals surface area (Å²) in [5.74, 6) is 0.175. The van der Waals surface area contributed by atoms with Gasteiger partial charge < -0.3 is 35.2 Å². The van der Waals surface area contributed by atoms with Gasteiger partial charge in [0.05, 0.1) is 18.8 Å². The summed E-state index contributed by atoms with van der Waals surface area (Å²) in [4.78, 5) is 40.1. The minimum Gasteiger partial charge on any atom is -0.490 e. The van der Waals surface area contributed by atoms with Crippen molar-refractivity contribution in [1.82, 2.24) is 19.5 Å². The molecule has 0 aliphatic carbocycles. The number of aromatic nitrogens is 4. The smallest absolute Gasteiger partial charge is 0.338 e. The summed E-state index contributed by atoms with van der Waals surface area (Å²) >= 11 is 0. The number of nitrogen functional groups attached to an aromatic ring is 1. The van der Waals surface area contributed by atoms with Crippen molar-refractivity contribution in [1.29, 1.82) is 5.41 Å². The van der Waals surface area contributed by atoms with E-state index in [1.165, 1.54) is 6.07 Å². The van der Waals surface area contributed by atoms with Crippen LogP contribution < -0.4 is 25.7 Å². The molecule has 256 valence electrons. The van der Waals surface area contributed by atoms with Gasteiger partial charge in [-0.1, -0.05) is 6.07 Å². The molecular formula is C34H43N7O7. The third kappa shape index (κ3) is 8.76. The largest absolute Gasteiger partial charge is 0.490 e. The second-order valence-electron chi connectivity index (χ2n) is 11.8. The Hall–Kier alpha value is -5.24. The molecule has 4 rings (SSSR count). The second-order valence-corrected chi connectivity index (χ2v) is 11.8. The first-order valence-corrected chi connectivity index (χ1v) is 15.8. The third-order valence-corrected chi connectivity index (χ3v) is 6.90. The summed E-state index contributed by atoms with van der Waals surface area (Å²) in [6.07, 6.45) is 1.79. The molecule has 0 saturated carbocycles. The van der Waals surface area contributed by atoms with Gasteiger partial charge in [-0.2, -0.15) is 9.97 Å². The number of ether oxygens (including phenoxy) is 5. The molecule has 2 aromatic carbocycles. The number of hydrogen-bond acceptors (Lipinski definition) is 12. The summed E-state index contributed by atoms with van der Waals surface area (Å²) < 4.78 is 30.8. The molecule has 48 heavy (non-hydrogen) atoms. The number of benzene rings is 2. The molecule has 0 aliphatic rings. The molecule has 0 radical (unpaired) electrons. The maximum Gasteiger partial charge on any atom is 0.338 e. The molecule has 0 spiro atoms. The number of fused-ring (bicyclic) bond motifs is 1. The van der Waals surface area contributed by atoms with Crippen LogP contribution in [0.2, 0.25) is 0 Å². The Bertz CT molecular complexity index is 1780. The number of nitrogens with one attached hydrogen (secondary N) is 1. The van der Waals surface area contributed by atoms with Crippen LogP contribution in [-0.4, -0.2) is 62.7 Å². The second kappa shape index (κ2) is 15.6. The number of imidazole rings is 1. The van der Waals surface area contributed by atoms with Crippen molar-refractivity contribution in [2.75, 3.05) is 19.8 Å². The topological polar surface area (TPSA) is 200 Å². The maximum atomic E-state index is 13.3. The Morgan fingerprint density at radius 3 is 2.40 bits per heavy atom. The maximum absolute atomic E-state index is 13.3. The predicted octanol–water partition coefficient (Wildman–Crippen LogP) is 5.59. The predicted molar refractivity (Wildman–Crippen MR) is 179 cm³/mol. The summed E-state index contributed by atoms with van der Waals surface area (Å²) in [7, 11) is 0. The molecule has 0 saturated heterocycles. The van der Waals surface area contributed by atoms with Gasteiger partial charge in [0.15, 0.2) is 22.7 Å². The lowest BCUT2D eigenvalue weighted by atomic mass is 10.1. The van der Waals surface area contributed by atoms with Gasteiger partial charge in [0.25, 0.3) is 5.88 Å². The van der Waals surface area contributed by atoms with Gasteiger partial charge >= 0.3 is 17.9 Å². The third-order valence-electron chi connectivity index (χ3n) is 6.90. The molecule has 5 N–H and O–H groups in total. The van der Waals surface area contributed by atoms with E-state index in [-0.39, 0.29) is 52.6 Å². The zero-order valence-electron chi connectivity index (χ0n) is 28.2. The number of nitrogens with zero attached hydrogens (tertiary/aromatic N) is 4. The van der Waals surface area contributed by atoms with Crippen LogP contribution in [-0.2, 0) is 14.3 Å². The lowest BCUT2D eigenvalue weighted by molar-refractivity contribution is -0.147. The Morgan fingerprint density at radius 2 is 1.73 bits per heavy atom. The number of nitrogens with two attached hydrogens (primary N) is 2. The highest BCUT2D eigenvalue weighted by atomic mass is 16.6. The standard InChI is InChI=1S/C34H43N7O7/c1-7-44-25-16-15-21(28(36)37)19-26(25)47-33-39-29-27(38-20(3)41(29)24(14-9-10-17-35)32(43)45-8-2)30(40-33)46-23-13-11-12-22(18-23)31(42)48-34(4,5)6/h11-13,15-16,18-19,24H,7-10,14,17,35H2,1-6H3,(H3,36,37). The normalized spacial score (nSPS) is 12.0. The highest BCUT2D eigenvalue weighted by molar-refractivity contribution is 5.95. The van der Waals surface area contributed by atoms with Crippen LogP contribution in [0.5, 0.6) is 29.1 Å². The lowest BCUT2D eigenvalue weighted by Gasteiger charge is -2.20. The molecule has 14 heteroatoms. The Kier molecular flexibility index (Phi) is 11.5. The average Bonchev–Trinajstić information content (AvgIpc) is 3.35. The van der Waals surface area contributed by atoms with Crippen molar-refractivity contribution in [3.63, 3.8) is 0 Å². The Labute approximate surface area is 279 Å². The van der Waals surface area contributed by atoms with Crippen LogP contribution in [0.4, 0.5) is 0 Å². The van der Waals surface area contributed by atoms with Gasteiger partial charge in [-0.3, -0.25) is 9.98 Å². The van der Waals surface area contributed by atoms with Crippen LogP contribution >= 0.6 is 0 Å². The van der Waals surface area contributed by atoms with Crippen LogP contribution in [0, 0.1) is 12.3 Å². The van der Waals surface area contributed by atoms with Crippen molar-refractivity contribution >= 4 is 28.9 Å². The van der Waals surface area contributed by atoms with E-state index in [9.17, 15) is 9.59 Å². The number of carbonyl (C=O) groups excluding carboxylic acids is 2. The highest BCUT2D eigenvalue weighted by Gasteiger charge is 2.29. The molecule has 1 unspecified atom stereocenters. The first-order valence-electron chi connectivity index (χ1n) is 15.8. The van der Waals surface area contributed by atoms with Gasteiger partial charge in [-0.15, -0.1) is 0 Å². The fourth-order valence-electron chi connectivity index (χ4n) is 4.87. The van der Waals surface area contributed by atoms with Crippen molar-refractivity contribution < 1.29 is 33.3 Å².